The Morgan fingerprint density at radius 1 is 1.09 bits per heavy atom. The van der Waals surface area contributed by atoms with Crippen LogP contribution in [0.5, 0.6) is 11.5 Å². The second-order valence-corrected chi connectivity index (χ2v) is 7.98. The van der Waals surface area contributed by atoms with Crippen LogP contribution in [0.1, 0.15) is 12.8 Å². The van der Waals surface area contributed by atoms with Crippen molar-refractivity contribution in [1.82, 2.24) is 24.3 Å². The number of benzene rings is 1. The van der Waals surface area contributed by atoms with E-state index >= 15 is 0 Å². The lowest BCUT2D eigenvalue weighted by Gasteiger charge is -2.13. The Labute approximate surface area is 188 Å². The van der Waals surface area contributed by atoms with E-state index in [1.54, 1.807) is 29.2 Å². The summed E-state index contributed by atoms with van der Waals surface area (Å²) in [6.45, 7) is 0.617. The molecule has 1 aliphatic carbocycles. The first-order valence-electron chi connectivity index (χ1n) is 10.5. The first-order chi connectivity index (χ1) is 16.0. The lowest BCUT2D eigenvalue weighted by Crippen LogP contribution is -2.23. The number of ether oxygens (including phenoxy) is 2. The summed E-state index contributed by atoms with van der Waals surface area (Å²) in [5.41, 5.74) is 2.60. The van der Waals surface area contributed by atoms with Crippen molar-refractivity contribution in [3.63, 3.8) is 0 Å². The van der Waals surface area contributed by atoms with E-state index in [4.69, 9.17) is 14.5 Å². The van der Waals surface area contributed by atoms with Crippen LogP contribution in [0, 0.1) is 17.6 Å². The molecule has 0 unspecified atom stereocenters. The highest BCUT2D eigenvalue weighted by molar-refractivity contribution is 5.73. The first kappa shape index (κ1) is 21.0. The maximum atomic E-state index is 15.0. The van der Waals surface area contributed by atoms with Crippen LogP contribution in [0.2, 0.25) is 0 Å². The predicted octanol–water partition coefficient (Wildman–Crippen LogP) is 3.77. The van der Waals surface area contributed by atoms with E-state index in [0.717, 1.165) is 24.5 Å². The molecule has 1 aromatic carbocycles. The van der Waals surface area contributed by atoms with Crippen LogP contribution in [0.15, 0.2) is 41.8 Å². The number of halogens is 2. The predicted molar refractivity (Wildman–Crippen MR) is 117 cm³/mol. The summed E-state index contributed by atoms with van der Waals surface area (Å²) < 4.78 is 43.6. The van der Waals surface area contributed by atoms with Crippen LogP contribution >= 0.6 is 0 Å². The molecule has 0 spiro atoms. The molecule has 0 bridgehead atoms. The zero-order valence-corrected chi connectivity index (χ0v) is 18.4. The van der Waals surface area contributed by atoms with Gasteiger partial charge in [-0.2, -0.15) is 5.10 Å². The normalized spacial score (nSPS) is 14.2. The molecule has 0 radical (unpaired) electrons. The minimum absolute atomic E-state index is 0.153. The lowest BCUT2D eigenvalue weighted by atomic mass is 10.2. The summed E-state index contributed by atoms with van der Waals surface area (Å²) in [5, 5.41) is 4.20. The average Bonchev–Trinajstić information content (AvgIpc) is 3.54. The highest BCUT2D eigenvalue weighted by atomic mass is 19.1. The summed E-state index contributed by atoms with van der Waals surface area (Å²) in [7, 11) is 4.44. The Morgan fingerprint density at radius 2 is 1.82 bits per heavy atom. The third-order valence-electron chi connectivity index (χ3n) is 5.62. The summed E-state index contributed by atoms with van der Waals surface area (Å²) in [6, 6.07) is 4.59. The summed E-state index contributed by atoms with van der Waals surface area (Å²) in [6.07, 6.45) is 7.40. The molecule has 0 aliphatic heterocycles. The molecule has 10 heteroatoms. The molecule has 170 valence electrons. The van der Waals surface area contributed by atoms with Crippen molar-refractivity contribution in [1.29, 1.82) is 0 Å². The zero-order valence-electron chi connectivity index (χ0n) is 18.4. The third-order valence-corrected chi connectivity index (χ3v) is 5.62. The van der Waals surface area contributed by atoms with E-state index in [1.165, 1.54) is 14.2 Å². The summed E-state index contributed by atoms with van der Waals surface area (Å²) in [5.74, 6) is -1.65. The van der Waals surface area contributed by atoms with E-state index in [1.807, 2.05) is 17.8 Å². The molecule has 0 atom stereocenters. The molecule has 0 amide bonds. The van der Waals surface area contributed by atoms with E-state index in [9.17, 15) is 8.78 Å². The van der Waals surface area contributed by atoms with Crippen molar-refractivity contribution < 1.29 is 18.3 Å². The topological polar surface area (TPSA) is 79.3 Å². The largest absolute Gasteiger partial charge is 0.493 e. The number of fused-ring (bicyclic) bond motifs is 1. The van der Waals surface area contributed by atoms with Gasteiger partial charge in [0.1, 0.15) is 16.7 Å². The zero-order chi connectivity index (χ0) is 23.1. The van der Waals surface area contributed by atoms with Crippen molar-refractivity contribution in [2.24, 2.45) is 18.0 Å². The van der Waals surface area contributed by atoms with Gasteiger partial charge in [-0.05, 0) is 30.9 Å². The molecule has 33 heavy (non-hydrogen) atoms. The van der Waals surface area contributed by atoms with Crippen LogP contribution in [-0.4, -0.2) is 38.5 Å². The van der Waals surface area contributed by atoms with Crippen LogP contribution in [0.25, 0.3) is 22.4 Å². The standard InChI is InChI=1S/C23H22F2N6O2/c1-30-12-14(9-27-30)16-10-26-15-6-7-19(31(23(15)28-16)11-13-4-5-13)29-22-20(24)17(32-2)8-18(33-3)21(22)25/h6-10,12-13H,4-5,11H2,1-3H3. The van der Waals surface area contributed by atoms with E-state index < -0.39 is 17.3 Å². The van der Waals surface area contributed by atoms with Gasteiger partial charge in [0.15, 0.2) is 28.8 Å². The number of hydrogen-bond acceptors (Lipinski definition) is 6. The van der Waals surface area contributed by atoms with Crippen LogP contribution in [0.4, 0.5) is 14.5 Å². The SMILES string of the molecule is COc1cc(OC)c(F)c(N=c2ccc3ncc(-c4cnn(C)c4)nc3n2CC2CC2)c1F. The molecular formula is C23H22F2N6O2. The van der Waals surface area contributed by atoms with Gasteiger partial charge in [-0.25, -0.2) is 18.8 Å². The Kier molecular flexibility index (Phi) is 5.27. The number of hydrogen-bond donors (Lipinski definition) is 0. The molecule has 5 rings (SSSR count). The number of aromatic nitrogens is 5. The van der Waals surface area contributed by atoms with Gasteiger partial charge in [0.25, 0.3) is 0 Å². The first-order valence-corrected chi connectivity index (χ1v) is 10.5. The molecule has 1 aliphatic rings. The van der Waals surface area contributed by atoms with Crippen LogP contribution in [0.3, 0.4) is 0 Å². The Hall–Kier alpha value is -3.82. The Morgan fingerprint density at radius 3 is 2.42 bits per heavy atom. The third kappa shape index (κ3) is 3.92. The van der Waals surface area contributed by atoms with Gasteiger partial charge in [-0.3, -0.25) is 9.67 Å². The molecule has 0 saturated heterocycles. The fourth-order valence-corrected chi connectivity index (χ4v) is 3.67. The van der Waals surface area contributed by atoms with Gasteiger partial charge < -0.3 is 14.0 Å². The van der Waals surface area contributed by atoms with Crippen molar-refractivity contribution >= 4 is 16.9 Å². The highest BCUT2D eigenvalue weighted by Crippen LogP contribution is 2.36. The van der Waals surface area contributed by atoms with Gasteiger partial charge in [0, 0.05) is 31.4 Å². The highest BCUT2D eigenvalue weighted by Gasteiger charge is 2.24. The van der Waals surface area contributed by atoms with Gasteiger partial charge in [-0.15, -0.1) is 0 Å². The second-order valence-electron chi connectivity index (χ2n) is 7.98. The maximum Gasteiger partial charge on any atom is 0.193 e. The summed E-state index contributed by atoms with van der Waals surface area (Å²) in [4.78, 5) is 13.7. The number of rotatable bonds is 6. The van der Waals surface area contributed by atoms with E-state index in [0.29, 0.717) is 34.8 Å². The molecule has 8 nitrogen and oxygen atoms in total. The maximum absolute atomic E-state index is 15.0. The molecular weight excluding hydrogens is 430 g/mol. The van der Waals surface area contributed by atoms with Crippen LogP contribution in [-0.2, 0) is 13.6 Å². The average molecular weight is 452 g/mol. The number of nitrogens with zero attached hydrogens (tertiary/aromatic N) is 6. The summed E-state index contributed by atoms with van der Waals surface area (Å²) >= 11 is 0. The van der Waals surface area contributed by atoms with E-state index in [2.05, 4.69) is 15.1 Å². The monoisotopic (exact) mass is 452 g/mol. The van der Waals surface area contributed by atoms with Crippen molar-refractivity contribution in [2.75, 3.05) is 14.2 Å². The van der Waals surface area contributed by atoms with E-state index in [-0.39, 0.29) is 11.5 Å². The minimum Gasteiger partial charge on any atom is -0.493 e. The Bertz CT molecular complexity index is 1400. The van der Waals surface area contributed by atoms with Gasteiger partial charge >= 0.3 is 0 Å². The van der Waals surface area contributed by atoms with Crippen molar-refractivity contribution in [2.45, 2.75) is 19.4 Å². The fraction of sp³-hybridized carbons (Fsp3) is 0.304. The quantitative estimate of drug-likeness (QED) is 0.445. The molecule has 1 saturated carbocycles. The van der Waals surface area contributed by atoms with Crippen LogP contribution < -0.4 is 15.0 Å². The van der Waals surface area contributed by atoms with Crippen molar-refractivity contribution in [3.05, 3.63) is 53.9 Å². The van der Waals surface area contributed by atoms with Gasteiger partial charge in [-0.1, -0.05) is 0 Å². The fourth-order valence-electron chi connectivity index (χ4n) is 3.67. The Balaban J connectivity index is 1.75. The smallest absolute Gasteiger partial charge is 0.193 e. The number of methoxy groups -OCH3 is 2. The molecule has 0 N–H and O–H groups in total. The molecule has 3 aromatic heterocycles. The lowest BCUT2D eigenvalue weighted by molar-refractivity contribution is 0.359. The number of pyridine rings is 1. The van der Waals surface area contributed by atoms with Gasteiger partial charge in [0.05, 0.1) is 32.3 Å². The number of aryl methyl sites for hydroxylation is 1. The molecule has 1 fully saturated rings. The molecule has 4 aromatic rings. The minimum atomic E-state index is -0.899. The van der Waals surface area contributed by atoms with Gasteiger partial charge in [0.2, 0.25) is 0 Å². The second kappa shape index (κ2) is 8.27. The molecule has 3 heterocycles. The van der Waals surface area contributed by atoms with Crippen molar-refractivity contribution in [3.8, 4) is 22.8 Å².